The van der Waals surface area contributed by atoms with Crippen molar-refractivity contribution in [2.45, 2.75) is 347 Å². The molecule has 0 saturated carbocycles. The molecule has 5 unspecified atom stereocenters. The van der Waals surface area contributed by atoms with Crippen molar-refractivity contribution in [3.8, 4) is 0 Å². The van der Waals surface area contributed by atoms with Crippen molar-refractivity contribution in [2.75, 3.05) is 39.6 Å². The lowest BCUT2D eigenvalue weighted by molar-refractivity contribution is -0.161. The highest BCUT2D eigenvalue weighted by atomic mass is 31.2. The summed E-state index contributed by atoms with van der Waals surface area (Å²) in [6.07, 6.45) is 105. The van der Waals surface area contributed by atoms with Crippen molar-refractivity contribution < 1.29 is 75.8 Å². The average Bonchev–Trinajstić information content (AvgIpc) is 0.896. The quantitative estimate of drug-likeness (QED) is 0.0146. The Kier molecular flexibility index (Phi) is 78.5. The van der Waals surface area contributed by atoms with Crippen LogP contribution in [0.3, 0.4) is 0 Å². The lowest BCUT2D eigenvalue weighted by Gasteiger charge is -2.21. The molecule has 0 radical (unpaired) electrons. The summed E-state index contributed by atoms with van der Waals surface area (Å²) >= 11 is 0. The van der Waals surface area contributed by atoms with Crippen LogP contribution in [-0.4, -0.2) is 95.9 Å². The monoisotopic (exact) mass is 1560 g/mol. The lowest BCUT2D eigenvalue weighted by atomic mass is 10.0. The van der Waals surface area contributed by atoms with Crippen molar-refractivity contribution >= 4 is 33.6 Å². The molecule has 0 bridgehead atoms. The second-order valence-corrected chi connectivity index (χ2v) is 30.8. The van der Waals surface area contributed by atoms with Crippen molar-refractivity contribution in [3.63, 3.8) is 0 Å². The number of phosphoric ester groups is 2. The molecule has 0 aliphatic rings. The summed E-state index contributed by atoms with van der Waals surface area (Å²) < 4.78 is 61.2. The molecular formula is C91H152O16P2. The standard InChI is InChI=1S/C91H152O16P2/c1-4-7-10-13-16-19-22-25-28-31-34-36-37-38-39-40-41-42-43-44-45-46-47-49-52-53-56-59-62-65-68-71-74-77-89(94)101-80-86(92)81-103-108(97,98)104-82-87(93)83-105-109(99,100)106-85-88(107-91(96)79-76-73-70-67-64-61-58-55-50-33-30-27-24-21-18-15-12-9-6-3)84-102-90(95)78-75-72-69-66-63-60-57-54-51-48-35-32-29-26-23-20-17-14-11-8-5-2/h7,9-10,12,16-21,25-30,34-36,38-39,48,50,54-55,57,61,64,86-88,92-93H,4-6,8,11,13-15,22-24,31-33,37,40-47,49,51-53,56,58-60,62-63,65-85H2,1-3H3,(H,97,98)(H,99,100)/b10-7-,12-9-,19-16-,20-17-,21-18-,28-25-,29-26-,30-27-,36-34-,39-38-,48-35-,55-50-,57-54-,64-61-. The zero-order chi connectivity index (χ0) is 79.4. The third-order valence-electron chi connectivity index (χ3n) is 17.4. The fourth-order valence-electron chi connectivity index (χ4n) is 11.0. The van der Waals surface area contributed by atoms with E-state index in [4.69, 9.17) is 32.3 Å². The van der Waals surface area contributed by atoms with Gasteiger partial charge in [-0.3, -0.25) is 32.5 Å². The lowest BCUT2D eigenvalue weighted by Crippen LogP contribution is -2.30. The van der Waals surface area contributed by atoms with Crippen LogP contribution in [0.4, 0.5) is 0 Å². The van der Waals surface area contributed by atoms with E-state index < -0.39 is 91.5 Å². The van der Waals surface area contributed by atoms with E-state index in [1.54, 1.807) is 0 Å². The van der Waals surface area contributed by atoms with Gasteiger partial charge in [-0.15, -0.1) is 0 Å². The van der Waals surface area contributed by atoms with E-state index in [-0.39, 0.29) is 19.3 Å². The molecule has 5 atom stereocenters. The van der Waals surface area contributed by atoms with Gasteiger partial charge in [-0.1, -0.05) is 326 Å². The Bertz CT molecular complexity index is 2660. The van der Waals surface area contributed by atoms with Gasteiger partial charge in [-0.25, -0.2) is 9.13 Å². The highest BCUT2D eigenvalue weighted by molar-refractivity contribution is 7.47. The summed E-state index contributed by atoms with van der Waals surface area (Å²) in [7, 11) is -9.82. The molecule has 109 heavy (non-hydrogen) atoms. The zero-order valence-corrected chi connectivity index (χ0v) is 70.0. The highest BCUT2D eigenvalue weighted by Gasteiger charge is 2.29. The number of ether oxygens (including phenoxy) is 3. The molecule has 0 rings (SSSR count). The van der Waals surface area contributed by atoms with Crippen LogP contribution in [0, 0.1) is 0 Å². The maximum absolute atomic E-state index is 13.0. The van der Waals surface area contributed by atoms with Gasteiger partial charge in [0, 0.05) is 19.3 Å². The van der Waals surface area contributed by atoms with Crippen LogP contribution in [0.2, 0.25) is 0 Å². The van der Waals surface area contributed by atoms with Gasteiger partial charge in [-0.2, -0.15) is 0 Å². The molecule has 0 aromatic rings. The van der Waals surface area contributed by atoms with Gasteiger partial charge in [0.1, 0.15) is 25.4 Å². The molecule has 0 amide bonds. The SMILES string of the molecule is CC/C=C\C/C=C\C/C=C\C/C=C\C/C=C\CCCCCCCCCCCCCCCCCCCC(=O)OCC(O)COP(=O)(O)OCC(O)COP(=O)(O)OCC(COC(=O)CCCCCCC/C=C\C/C=C\C/C=C\C/C=C\CCCCC)OC(=O)CCCCC/C=C\C/C=C\C/C=C\C/C=C\C/C=C\CC. The Labute approximate surface area is 662 Å². The van der Waals surface area contributed by atoms with E-state index in [1.165, 1.54) is 116 Å². The minimum absolute atomic E-state index is 0.0557. The normalized spacial score (nSPS) is 14.7. The van der Waals surface area contributed by atoms with Crippen molar-refractivity contribution in [2.24, 2.45) is 0 Å². The number of aliphatic hydroxyl groups is 2. The number of carbonyl (C=O) groups is 3. The minimum atomic E-state index is -4.95. The number of phosphoric acid groups is 2. The number of hydrogen-bond donors (Lipinski definition) is 4. The molecule has 0 aliphatic carbocycles. The van der Waals surface area contributed by atoms with Crippen molar-refractivity contribution in [1.82, 2.24) is 0 Å². The van der Waals surface area contributed by atoms with Gasteiger partial charge in [0.2, 0.25) is 0 Å². The number of unbranched alkanes of at least 4 members (excludes halogenated alkanes) is 28. The van der Waals surface area contributed by atoms with Gasteiger partial charge in [0.25, 0.3) is 0 Å². The molecule has 0 fully saturated rings. The number of allylic oxidation sites excluding steroid dienone is 28. The van der Waals surface area contributed by atoms with Gasteiger partial charge in [0.05, 0.1) is 26.4 Å². The number of esters is 3. The van der Waals surface area contributed by atoms with Gasteiger partial charge in [-0.05, 0) is 154 Å². The second kappa shape index (κ2) is 82.4. The van der Waals surface area contributed by atoms with Crippen LogP contribution in [-0.2, 0) is 55.8 Å². The van der Waals surface area contributed by atoms with Crippen LogP contribution in [0.1, 0.15) is 329 Å². The maximum Gasteiger partial charge on any atom is 0.472 e. The molecule has 4 N–H and O–H groups in total. The molecule has 0 aliphatic heterocycles. The number of carbonyl (C=O) groups excluding carboxylic acids is 3. The van der Waals surface area contributed by atoms with E-state index in [9.17, 15) is 43.5 Å². The molecule has 0 aromatic carbocycles. The fraction of sp³-hybridized carbons (Fsp3) is 0.659. The molecule has 0 saturated heterocycles. The van der Waals surface area contributed by atoms with Crippen molar-refractivity contribution in [1.29, 1.82) is 0 Å². The number of aliphatic hydroxyl groups excluding tert-OH is 2. The Morgan fingerprint density at radius 2 is 0.486 bits per heavy atom. The van der Waals surface area contributed by atoms with Crippen molar-refractivity contribution in [3.05, 3.63) is 170 Å². The summed E-state index contributed by atoms with van der Waals surface area (Å²) in [6.45, 7) is 2.37. The first-order valence-corrected chi connectivity index (χ1v) is 45.4. The first-order valence-electron chi connectivity index (χ1n) is 42.4. The van der Waals surface area contributed by atoms with E-state index in [0.29, 0.717) is 19.3 Å². The summed E-state index contributed by atoms with van der Waals surface area (Å²) in [5, 5.41) is 20.7. The van der Waals surface area contributed by atoms with Gasteiger partial charge in [0.15, 0.2) is 6.10 Å². The van der Waals surface area contributed by atoms with Crippen LogP contribution in [0.25, 0.3) is 0 Å². The van der Waals surface area contributed by atoms with Gasteiger partial charge >= 0.3 is 33.6 Å². The largest absolute Gasteiger partial charge is 0.472 e. The zero-order valence-electron chi connectivity index (χ0n) is 68.2. The third kappa shape index (κ3) is 83.7. The fourth-order valence-corrected chi connectivity index (χ4v) is 12.6. The second-order valence-electron chi connectivity index (χ2n) is 27.9. The van der Waals surface area contributed by atoms with E-state index in [0.717, 1.165) is 154 Å². The maximum atomic E-state index is 13.0. The van der Waals surface area contributed by atoms with Crippen LogP contribution < -0.4 is 0 Å². The Balaban J connectivity index is 4.56. The molecular weight excluding hydrogens is 1410 g/mol. The number of hydrogen-bond acceptors (Lipinski definition) is 14. The Morgan fingerprint density at radius 1 is 0.266 bits per heavy atom. The molecule has 0 spiro atoms. The first kappa shape index (κ1) is 104. The Morgan fingerprint density at radius 3 is 0.780 bits per heavy atom. The first-order chi connectivity index (χ1) is 53.2. The Hall–Kier alpha value is -5.09. The summed E-state index contributed by atoms with van der Waals surface area (Å²) in [5.74, 6) is -1.64. The summed E-state index contributed by atoms with van der Waals surface area (Å²) in [6, 6.07) is 0. The topological polar surface area (TPSA) is 231 Å². The number of rotatable bonds is 79. The van der Waals surface area contributed by atoms with Gasteiger partial charge < -0.3 is 34.2 Å². The van der Waals surface area contributed by atoms with Crippen LogP contribution >= 0.6 is 15.6 Å². The minimum Gasteiger partial charge on any atom is -0.463 e. The third-order valence-corrected chi connectivity index (χ3v) is 19.3. The smallest absolute Gasteiger partial charge is 0.463 e. The molecule has 0 heterocycles. The predicted octanol–water partition coefficient (Wildman–Crippen LogP) is 25.5. The molecule has 16 nitrogen and oxygen atoms in total. The molecule has 0 aromatic heterocycles. The van der Waals surface area contributed by atoms with E-state index in [2.05, 4.69) is 191 Å². The van der Waals surface area contributed by atoms with Crippen LogP contribution in [0.15, 0.2) is 170 Å². The predicted molar refractivity (Wildman–Crippen MR) is 454 cm³/mol. The van der Waals surface area contributed by atoms with E-state index in [1.807, 2.05) is 0 Å². The average molecular weight is 1560 g/mol. The summed E-state index contributed by atoms with van der Waals surface area (Å²) in [4.78, 5) is 58.8. The summed E-state index contributed by atoms with van der Waals surface area (Å²) in [5.41, 5.74) is 0. The molecule has 18 heteroatoms. The molecule has 622 valence electrons. The van der Waals surface area contributed by atoms with E-state index >= 15 is 0 Å². The van der Waals surface area contributed by atoms with Crippen LogP contribution in [0.5, 0.6) is 0 Å². The highest BCUT2D eigenvalue weighted by Crippen LogP contribution is 2.45.